The third-order valence-corrected chi connectivity index (χ3v) is 6.12. The topological polar surface area (TPSA) is 35.5 Å². The van der Waals surface area contributed by atoms with Gasteiger partial charge in [-0.05, 0) is 79.8 Å². The summed E-state index contributed by atoms with van der Waals surface area (Å²) in [6.07, 6.45) is 6.27. The molecular formula is C25H32O3. The van der Waals surface area contributed by atoms with Gasteiger partial charge >= 0.3 is 5.97 Å². The van der Waals surface area contributed by atoms with Gasteiger partial charge in [-0.1, -0.05) is 45.0 Å². The Labute approximate surface area is 169 Å². The minimum Gasteiger partial charge on any atom is -0.489 e. The standard InChI is InChI=1S/C25H32O3/c1-4-19(3)21-10-8-20(9-11-21)18-27-23-14-12-22(13-15-23)24(26)28-25(5-2)16-6-7-17-25/h8-15,19H,4-7,16-18H2,1-3H3. The van der Waals surface area contributed by atoms with Gasteiger partial charge in [-0.2, -0.15) is 0 Å². The molecule has 2 aromatic carbocycles. The number of benzene rings is 2. The summed E-state index contributed by atoms with van der Waals surface area (Å²) >= 11 is 0. The van der Waals surface area contributed by atoms with Crippen LogP contribution in [0.25, 0.3) is 0 Å². The average molecular weight is 381 g/mol. The Morgan fingerprint density at radius 3 is 2.21 bits per heavy atom. The summed E-state index contributed by atoms with van der Waals surface area (Å²) in [5.74, 6) is 1.11. The van der Waals surface area contributed by atoms with E-state index in [2.05, 4.69) is 45.0 Å². The van der Waals surface area contributed by atoms with Gasteiger partial charge in [-0.3, -0.25) is 0 Å². The first-order chi connectivity index (χ1) is 13.5. The van der Waals surface area contributed by atoms with Gasteiger partial charge in [0, 0.05) is 0 Å². The second-order valence-electron chi connectivity index (χ2n) is 8.00. The molecule has 0 aromatic heterocycles. The largest absolute Gasteiger partial charge is 0.489 e. The summed E-state index contributed by atoms with van der Waals surface area (Å²) < 4.78 is 11.7. The highest BCUT2D eigenvalue weighted by Crippen LogP contribution is 2.36. The quantitative estimate of drug-likeness (QED) is 0.480. The van der Waals surface area contributed by atoms with Crippen LogP contribution < -0.4 is 4.74 Å². The van der Waals surface area contributed by atoms with Crippen LogP contribution in [0, 0.1) is 0 Å². The zero-order chi connectivity index (χ0) is 20.0. The van der Waals surface area contributed by atoms with Crippen LogP contribution in [-0.2, 0) is 11.3 Å². The molecule has 0 spiro atoms. The van der Waals surface area contributed by atoms with Crippen molar-refractivity contribution in [3.8, 4) is 5.75 Å². The molecule has 3 heteroatoms. The molecule has 1 fully saturated rings. The Morgan fingerprint density at radius 2 is 1.64 bits per heavy atom. The molecule has 1 aliphatic carbocycles. The van der Waals surface area contributed by atoms with Crippen molar-refractivity contribution in [2.24, 2.45) is 0 Å². The van der Waals surface area contributed by atoms with E-state index >= 15 is 0 Å². The SMILES string of the molecule is CCC(C)c1ccc(COc2ccc(C(=O)OC3(CC)CCCC3)cc2)cc1. The molecule has 3 nitrogen and oxygen atoms in total. The smallest absolute Gasteiger partial charge is 0.338 e. The van der Waals surface area contributed by atoms with Gasteiger partial charge in [0.1, 0.15) is 18.0 Å². The lowest BCUT2D eigenvalue weighted by Gasteiger charge is -2.27. The predicted octanol–water partition coefficient (Wildman–Crippen LogP) is 6.66. The third-order valence-electron chi connectivity index (χ3n) is 6.12. The molecule has 2 aromatic rings. The number of hydrogen-bond acceptors (Lipinski definition) is 3. The molecule has 0 aliphatic heterocycles. The van der Waals surface area contributed by atoms with E-state index in [0.29, 0.717) is 18.1 Å². The molecule has 1 unspecified atom stereocenters. The number of esters is 1. The van der Waals surface area contributed by atoms with Crippen LogP contribution in [0.1, 0.15) is 86.7 Å². The van der Waals surface area contributed by atoms with E-state index in [1.54, 1.807) is 12.1 Å². The van der Waals surface area contributed by atoms with Crippen LogP contribution in [0.4, 0.5) is 0 Å². The van der Waals surface area contributed by atoms with Crippen molar-refractivity contribution in [3.05, 3.63) is 65.2 Å². The van der Waals surface area contributed by atoms with Gasteiger partial charge in [0.2, 0.25) is 0 Å². The summed E-state index contributed by atoms with van der Waals surface area (Å²) in [6, 6.07) is 15.9. The lowest BCUT2D eigenvalue weighted by atomic mass is 9.98. The first kappa shape index (κ1) is 20.4. The van der Waals surface area contributed by atoms with E-state index in [0.717, 1.165) is 49.8 Å². The average Bonchev–Trinajstić information content (AvgIpc) is 3.21. The van der Waals surface area contributed by atoms with Crippen molar-refractivity contribution < 1.29 is 14.3 Å². The predicted molar refractivity (Wildman–Crippen MR) is 113 cm³/mol. The summed E-state index contributed by atoms with van der Waals surface area (Å²) in [5.41, 5.74) is 2.83. The summed E-state index contributed by atoms with van der Waals surface area (Å²) in [6.45, 7) is 7.07. The fourth-order valence-electron chi connectivity index (χ4n) is 3.83. The molecule has 3 rings (SSSR count). The van der Waals surface area contributed by atoms with E-state index in [9.17, 15) is 4.79 Å². The fourth-order valence-corrected chi connectivity index (χ4v) is 3.83. The normalized spacial score (nSPS) is 16.5. The summed E-state index contributed by atoms with van der Waals surface area (Å²) in [5, 5.41) is 0. The Bertz CT molecular complexity index is 755. The zero-order valence-corrected chi connectivity index (χ0v) is 17.4. The van der Waals surface area contributed by atoms with Gasteiger partial charge < -0.3 is 9.47 Å². The Morgan fingerprint density at radius 1 is 1.00 bits per heavy atom. The van der Waals surface area contributed by atoms with E-state index in [1.165, 1.54) is 5.56 Å². The van der Waals surface area contributed by atoms with E-state index < -0.39 is 0 Å². The van der Waals surface area contributed by atoms with Gasteiger partial charge in [0.05, 0.1) is 5.56 Å². The molecule has 1 saturated carbocycles. The molecular weight excluding hydrogens is 348 g/mol. The maximum Gasteiger partial charge on any atom is 0.338 e. The van der Waals surface area contributed by atoms with Gasteiger partial charge in [0.25, 0.3) is 0 Å². The third kappa shape index (κ3) is 4.95. The number of carbonyl (C=O) groups excluding carboxylic acids is 1. The fraction of sp³-hybridized carbons (Fsp3) is 0.480. The van der Waals surface area contributed by atoms with Crippen molar-refractivity contribution in [1.29, 1.82) is 0 Å². The van der Waals surface area contributed by atoms with Crippen LogP contribution >= 0.6 is 0 Å². The highest BCUT2D eigenvalue weighted by molar-refractivity contribution is 5.89. The Balaban J connectivity index is 1.55. The number of ether oxygens (including phenoxy) is 2. The van der Waals surface area contributed by atoms with Crippen LogP contribution in [-0.4, -0.2) is 11.6 Å². The van der Waals surface area contributed by atoms with Crippen LogP contribution in [0.15, 0.2) is 48.5 Å². The van der Waals surface area contributed by atoms with Crippen LogP contribution in [0.5, 0.6) is 5.75 Å². The maximum absolute atomic E-state index is 12.5. The molecule has 1 atom stereocenters. The van der Waals surface area contributed by atoms with Crippen LogP contribution in [0.3, 0.4) is 0 Å². The lowest BCUT2D eigenvalue weighted by molar-refractivity contribution is -0.0172. The Hall–Kier alpha value is -2.29. The van der Waals surface area contributed by atoms with Crippen molar-refractivity contribution in [1.82, 2.24) is 0 Å². The zero-order valence-electron chi connectivity index (χ0n) is 17.4. The molecule has 0 N–H and O–H groups in total. The number of rotatable bonds is 8. The van der Waals surface area contributed by atoms with Crippen molar-refractivity contribution >= 4 is 5.97 Å². The minimum absolute atomic E-state index is 0.226. The van der Waals surface area contributed by atoms with Crippen LogP contribution in [0.2, 0.25) is 0 Å². The molecule has 0 bridgehead atoms. The first-order valence-corrected chi connectivity index (χ1v) is 10.6. The van der Waals surface area contributed by atoms with Gasteiger partial charge in [-0.25, -0.2) is 4.79 Å². The molecule has 150 valence electrons. The molecule has 1 aliphatic rings. The second-order valence-corrected chi connectivity index (χ2v) is 8.00. The highest BCUT2D eigenvalue weighted by atomic mass is 16.6. The number of carbonyl (C=O) groups is 1. The van der Waals surface area contributed by atoms with E-state index in [4.69, 9.17) is 9.47 Å². The van der Waals surface area contributed by atoms with Crippen molar-refractivity contribution in [2.75, 3.05) is 0 Å². The molecule has 0 saturated heterocycles. The molecule has 0 amide bonds. The van der Waals surface area contributed by atoms with Crippen molar-refractivity contribution in [2.45, 2.75) is 77.4 Å². The minimum atomic E-state index is -0.256. The first-order valence-electron chi connectivity index (χ1n) is 10.6. The lowest BCUT2D eigenvalue weighted by Crippen LogP contribution is -2.31. The van der Waals surface area contributed by atoms with Gasteiger partial charge in [-0.15, -0.1) is 0 Å². The number of hydrogen-bond donors (Lipinski definition) is 0. The monoisotopic (exact) mass is 380 g/mol. The highest BCUT2D eigenvalue weighted by Gasteiger charge is 2.36. The maximum atomic E-state index is 12.5. The molecule has 28 heavy (non-hydrogen) atoms. The second kappa shape index (κ2) is 9.27. The van der Waals surface area contributed by atoms with Gasteiger partial charge in [0.15, 0.2) is 0 Å². The van der Waals surface area contributed by atoms with Crippen molar-refractivity contribution in [3.63, 3.8) is 0 Å². The van der Waals surface area contributed by atoms with E-state index in [-0.39, 0.29) is 11.6 Å². The Kier molecular flexibility index (Phi) is 6.77. The summed E-state index contributed by atoms with van der Waals surface area (Å²) in [7, 11) is 0. The van der Waals surface area contributed by atoms with E-state index in [1.807, 2.05) is 12.1 Å². The molecule has 0 heterocycles. The summed E-state index contributed by atoms with van der Waals surface area (Å²) in [4.78, 5) is 12.5. The molecule has 0 radical (unpaired) electrons.